The molecule has 3 N–H and O–H groups in total. The lowest BCUT2D eigenvalue weighted by Gasteiger charge is -2.36. The predicted octanol–water partition coefficient (Wildman–Crippen LogP) is 4.02. The molecule has 1 unspecified atom stereocenters. The van der Waals surface area contributed by atoms with E-state index in [1.165, 1.54) is 18.2 Å². The molecule has 1 atom stereocenters. The molecule has 1 amide bonds. The molecule has 39 heavy (non-hydrogen) atoms. The Labute approximate surface area is 230 Å². The average molecular weight is 552 g/mol. The number of nitrogens with one attached hydrogen (secondary N) is 1. The van der Waals surface area contributed by atoms with Gasteiger partial charge in [0.05, 0.1) is 17.0 Å². The lowest BCUT2D eigenvalue weighted by molar-refractivity contribution is 0.0981. The second-order valence-corrected chi connectivity index (χ2v) is 12.1. The summed E-state index contributed by atoms with van der Waals surface area (Å²) in [7, 11) is -4.25. The minimum atomic E-state index is -4.25. The number of pyridine rings is 3. The summed E-state index contributed by atoms with van der Waals surface area (Å²) >= 11 is 0. The number of aryl methyl sites for hydroxylation is 1. The third-order valence-corrected chi connectivity index (χ3v) is 8.85. The molecule has 3 aromatic heterocycles. The number of anilines is 3. The van der Waals surface area contributed by atoms with Crippen LogP contribution in [0.5, 0.6) is 0 Å². The van der Waals surface area contributed by atoms with Gasteiger partial charge in [-0.3, -0.25) is 4.79 Å². The molecule has 1 aliphatic heterocycles. The molecule has 4 heterocycles. The molecule has 1 fully saturated rings. The highest BCUT2D eigenvalue weighted by Crippen LogP contribution is 2.39. The van der Waals surface area contributed by atoms with Gasteiger partial charge in [0.1, 0.15) is 17.5 Å². The molecule has 0 aromatic carbocycles. The van der Waals surface area contributed by atoms with E-state index in [1.54, 1.807) is 12.1 Å². The zero-order valence-electron chi connectivity index (χ0n) is 23.4. The van der Waals surface area contributed by atoms with E-state index in [2.05, 4.69) is 54.1 Å². The first-order valence-electron chi connectivity index (χ1n) is 13.2. The summed E-state index contributed by atoms with van der Waals surface area (Å²) in [6, 6.07) is 11.6. The third kappa shape index (κ3) is 5.68. The van der Waals surface area contributed by atoms with E-state index >= 15 is 0 Å². The van der Waals surface area contributed by atoms with Gasteiger partial charge in [-0.1, -0.05) is 13.0 Å². The molecular formula is C28H37N7O3S. The monoisotopic (exact) mass is 551 g/mol. The Morgan fingerprint density at radius 2 is 1.82 bits per heavy atom. The zero-order chi connectivity index (χ0) is 28.5. The number of hydrogen-bond donors (Lipinski definition) is 2. The van der Waals surface area contributed by atoms with Crippen LogP contribution in [0.15, 0.2) is 47.5 Å². The molecule has 0 aliphatic carbocycles. The van der Waals surface area contributed by atoms with Crippen molar-refractivity contribution in [2.24, 2.45) is 5.92 Å². The number of amides is 1. The van der Waals surface area contributed by atoms with Crippen LogP contribution >= 0.6 is 0 Å². The van der Waals surface area contributed by atoms with Gasteiger partial charge in [-0.15, -0.1) is 0 Å². The molecule has 0 radical (unpaired) electrons. The third-order valence-electron chi connectivity index (χ3n) is 7.62. The summed E-state index contributed by atoms with van der Waals surface area (Å²) in [5.41, 5.74) is 7.85. The van der Waals surface area contributed by atoms with Gasteiger partial charge in [0, 0.05) is 25.2 Å². The number of nitrogens with zero attached hydrogens (tertiary/aromatic N) is 5. The molecule has 0 bridgehead atoms. The average Bonchev–Trinajstić information content (AvgIpc) is 3.15. The normalized spacial score (nSPS) is 16.8. The smallest absolute Gasteiger partial charge is 0.281 e. The van der Waals surface area contributed by atoms with Gasteiger partial charge in [0.2, 0.25) is 0 Å². The van der Waals surface area contributed by atoms with Crippen molar-refractivity contribution < 1.29 is 13.2 Å². The Balaban J connectivity index is 1.80. The summed E-state index contributed by atoms with van der Waals surface area (Å²) in [4.78, 5) is 31.4. The summed E-state index contributed by atoms with van der Waals surface area (Å²) in [5.74, 6) is 0.869. The molecule has 1 saturated heterocycles. The van der Waals surface area contributed by atoms with Gasteiger partial charge < -0.3 is 15.5 Å². The van der Waals surface area contributed by atoms with Crippen molar-refractivity contribution in [2.45, 2.75) is 58.5 Å². The standard InChI is InChI=1S/C28H37N7O3S/c1-7-34(8-2)24-17-18(3)16-22(30-24)21-13-12-20(26(31-21)35-15-14-19(4)28(35,5)6)27(36)33-39(37,38)25-11-9-10-23(29)32-25/h9-13,16-17,19H,7-8,14-15H2,1-6H3,(H2,29,32)(H,33,36). The minimum Gasteiger partial charge on any atom is -0.384 e. The first kappa shape index (κ1) is 28.3. The molecule has 3 aromatic rings. The van der Waals surface area contributed by atoms with Crippen LogP contribution in [0.25, 0.3) is 11.4 Å². The van der Waals surface area contributed by atoms with Gasteiger partial charge in [0.25, 0.3) is 15.9 Å². The quantitative estimate of drug-likeness (QED) is 0.426. The van der Waals surface area contributed by atoms with Crippen LogP contribution in [0, 0.1) is 12.8 Å². The van der Waals surface area contributed by atoms with E-state index in [-0.39, 0.29) is 21.9 Å². The first-order chi connectivity index (χ1) is 18.4. The highest BCUT2D eigenvalue weighted by atomic mass is 32.2. The van der Waals surface area contributed by atoms with Crippen LogP contribution in [-0.2, 0) is 10.0 Å². The molecule has 0 saturated carbocycles. The Kier molecular flexibility index (Phi) is 7.83. The summed E-state index contributed by atoms with van der Waals surface area (Å²) in [6.07, 6.45) is 0.917. The number of hydrogen-bond acceptors (Lipinski definition) is 9. The van der Waals surface area contributed by atoms with E-state index < -0.39 is 15.9 Å². The summed E-state index contributed by atoms with van der Waals surface area (Å²) in [6.45, 7) is 14.9. The maximum Gasteiger partial charge on any atom is 0.281 e. The van der Waals surface area contributed by atoms with Crippen molar-refractivity contribution in [1.29, 1.82) is 0 Å². The zero-order valence-corrected chi connectivity index (χ0v) is 24.2. The Bertz CT molecular complexity index is 1490. The maximum absolute atomic E-state index is 13.5. The Morgan fingerprint density at radius 1 is 1.10 bits per heavy atom. The number of nitrogens with two attached hydrogens (primary N) is 1. The van der Waals surface area contributed by atoms with Gasteiger partial charge >= 0.3 is 0 Å². The Hall–Kier alpha value is -3.73. The highest BCUT2D eigenvalue weighted by Gasteiger charge is 2.41. The molecule has 0 spiro atoms. The van der Waals surface area contributed by atoms with Crippen molar-refractivity contribution in [3.05, 3.63) is 53.6 Å². The Morgan fingerprint density at radius 3 is 2.44 bits per heavy atom. The molecule has 11 heteroatoms. The van der Waals surface area contributed by atoms with Crippen LogP contribution in [0.3, 0.4) is 0 Å². The van der Waals surface area contributed by atoms with Gasteiger partial charge in [0.15, 0.2) is 5.03 Å². The second kappa shape index (κ2) is 10.8. The fourth-order valence-electron chi connectivity index (χ4n) is 4.88. The second-order valence-electron chi connectivity index (χ2n) is 10.5. The molecule has 208 valence electrons. The molecule has 1 aliphatic rings. The highest BCUT2D eigenvalue weighted by molar-refractivity contribution is 7.90. The number of nitrogen functional groups attached to an aromatic ring is 1. The van der Waals surface area contributed by atoms with Crippen LogP contribution in [-0.4, -0.2) is 54.5 Å². The van der Waals surface area contributed by atoms with E-state index in [9.17, 15) is 13.2 Å². The van der Waals surface area contributed by atoms with Gasteiger partial charge in [-0.25, -0.2) is 19.7 Å². The number of carbonyl (C=O) groups is 1. The van der Waals surface area contributed by atoms with Crippen LogP contribution < -0.4 is 20.3 Å². The van der Waals surface area contributed by atoms with Crippen molar-refractivity contribution in [3.8, 4) is 11.4 Å². The molecule has 4 rings (SSSR count). The lowest BCUT2D eigenvalue weighted by atomic mass is 9.90. The first-order valence-corrected chi connectivity index (χ1v) is 14.7. The fourth-order valence-corrected chi connectivity index (χ4v) is 5.82. The lowest BCUT2D eigenvalue weighted by Crippen LogP contribution is -2.43. The fraction of sp³-hybridized carbons (Fsp3) is 0.429. The van der Waals surface area contributed by atoms with E-state index in [4.69, 9.17) is 15.7 Å². The summed E-state index contributed by atoms with van der Waals surface area (Å²) < 4.78 is 28.1. The van der Waals surface area contributed by atoms with Crippen LogP contribution in [0.1, 0.15) is 57.0 Å². The summed E-state index contributed by atoms with van der Waals surface area (Å²) in [5, 5.41) is -0.329. The van der Waals surface area contributed by atoms with Crippen LogP contribution in [0.4, 0.5) is 17.5 Å². The SMILES string of the molecule is CCN(CC)c1cc(C)cc(-c2ccc(C(=O)NS(=O)(=O)c3cccc(N)n3)c(N3CCC(C)C3(C)C)n2)n1. The molecular weight excluding hydrogens is 514 g/mol. The number of aromatic nitrogens is 3. The maximum atomic E-state index is 13.5. The van der Waals surface area contributed by atoms with E-state index in [1.807, 2.05) is 19.1 Å². The van der Waals surface area contributed by atoms with E-state index in [0.717, 1.165) is 30.9 Å². The number of carbonyl (C=O) groups excluding carboxylic acids is 1. The number of rotatable bonds is 8. The van der Waals surface area contributed by atoms with Crippen molar-refractivity contribution >= 4 is 33.4 Å². The minimum absolute atomic E-state index is 0.0413. The largest absolute Gasteiger partial charge is 0.384 e. The van der Waals surface area contributed by atoms with Crippen LogP contribution in [0.2, 0.25) is 0 Å². The topological polar surface area (TPSA) is 134 Å². The molecule has 10 nitrogen and oxygen atoms in total. The van der Waals surface area contributed by atoms with E-state index in [0.29, 0.717) is 29.7 Å². The van der Waals surface area contributed by atoms with Gasteiger partial charge in [-0.05, 0) is 88.9 Å². The number of sulfonamides is 1. The van der Waals surface area contributed by atoms with Crippen molar-refractivity contribution in [2.75, 3.05) is 35.2 Å². The van der Waals surface area contributed by atoms with Crippen molar-refractivity contribution in [3.63, 3.8) is 0 Å². The van der Waals surface area contributed by atoms with Crippen molar-refractivity contribution in [1.82, 2.24) is 19.7 Å². The van der Waals surface area contributed by atoms with Gasteiger partial charge in [-0.2, -0.15) is 8.42 Å². The predicted molar refractivity (Wildman–Crippen MR) is 154 cm³/mol.